The van der Waals surface area contributed by atoms with Gasteiger partial charge in [-0.3, -0.25) is 9.59 Å². The van der Waals surface area contributed by atoms with E-state index in [1.807, 2.05) is 0 Å². The molecule has 3 aromatic rings. The molecule has 0 unspecified atom stereocenters. The van der Waals surface area contributed by atoms with Crippen LogP contribution in [0.15, 0.2) is 53.8 Å². The molecule has 0 saturated carbocycles. The molecule has 1 amide bonds. The Kier molecular flexibility index (Phi) is 5.72. The average Bonchev–Trinajstić information content (AvgIpc) is 3.20. The maximum absolute atomic E-state index is 14.3. The molecule has 3 rings (SSSR count). The third-order valence-corrected chi connectivity index (χ3v) is 3.85. The number of benzene rings is 1. The lowest BCUT2D eigenvalue weighted by molar-refractivity contribution is 0.0942. The Morgan fingerprint density at radius 2 is 2.15 bits per heavy atom. The Balaban J connectivity index is 1.67. The number of methoxy groups -OCH3 is 1. The van der Waals surface area contributed by atoms with E-state index < -0.39 is 11.7 Å². The van der Waals surface area contributed by atoms with E-state index in [0.29, 0.717) is 17.9 Å². The van der Waals surface area contributed by atoms with Gasteiger partial charge in [0.1, 0.15) is 11.5 Å². The highest BCUT2D eigenvalue weighted by Crippen LogP contribution is 2.15. The van der Waals surface area contributed by atoms with Crippen molar-refractivity contribution in [3.63, 3.8) is 0 Å². The van der Waals surface area contributed by atoms with Crippen molar-refractivity contribution in [3.05, 3.63) is 76.5 Å². The van der Waals surface area contributed by atoms with Crippen LogP contribution in [0.2, 0.25) is 0 Å². The first-order valence-electron chi connectivity index (χ1n) is 8.20. The number of aromatic nitrogens is 4. The summed E-state index contributed by atoms with van der Waals surface area (Å²) in [6.07, 6.45) is 4.71. The van der Waals surface area contributed by atoms with E-state index in [-0.39, 0.29) is 24.3 Å². The molecule has 140 valence electrons. The number of imidazole rings is 1. The molecule has 8 nitrogen and oxygen atoms in total. The quantitative estimate of drug-likeness (QED) is 0.673. The van der Waals surface area contributed by atoms with Gasteiger partial charge in [-0.25, -0.2) is 14.1 Å². The van der Waals surface area contributed by atoms with Crippen LogP contribution in [0.25, 0.3) is 5.69 Å². The first-order valence-corrected chi connectivity index (χ1v) is 8.20. The molecule has 0 aliphatic carbocycles. The number of hydrogen-bond acceptors (Lipinski definition) is 5. The summed E-state index contributed by atoms with van der Waals surface area (Å²) in [6.45, 7) is 0.677. The molecular formula is C18H18FN5O3. The molecule has 0 aliphatic rings. The maximum atomic E-state index is 14.3. The molecule has 27 heavy (non-hydrogen) atoms. The Bertz CT molecular complexity index is 985. The number of amides is 1. The summed E-state index contributed by atoms with van der Waals surface area (Å²) >= 11 is 0. The standard InChI is InChI=1S/C18H18FN5O3/c1-27-9-8-24-17(25)5-3-15(22-24)18(26)21-11-13-2-4-16(14(19)10-13)23-7-6-20-12-23/h2-7,10,12H,8-9,11H2,1H3,(H,21,26). The number of nitrogens with zero attached hydrogens (tertiary/aromatic N) is 4. The summed E-state index contributed by atoms with van der Waals surface area (Å²) in [7, 11) is 1.51. The predicted octanol–water partition coefficient (Wildman–Crippen LogP) is 1.14. The molecule has 1 N–H and O–H groups in total. The molecule has 0 bridgehead atoms. The topological polar surface area (TPSA) is 91.0 Å². The summed E-state index contributed by atoms with van der Waals surface area (Å²) < 4.78 is 21.9. The number of hydrogen-bond donors (Lipinski definition) is 1. The summed E-state index contributed by atoms with van der Waals surface area (Å²) in [5.74, 6) is -0.883. The van der Waals surface area contributed by atoms with Crippen LogP contribution in [0.1, 0.15) is 16.1 Å². The van der Waals surface area contributed by atoms with Gasteiger partial charge >= 0.3 is 0 Å². The van der Waals surface area contributed by atoms with E-state index in [2.05, 4.69) is 15.4 Å². The summed E-state index contributed by atoms with van der Waals surface area (Å²) in [4.78, 5) is 27.9. The van der Waals surface area contributed by atoms with Gasteiger partial charge in [0.15, 0.2) is 0 Å². The van der Waals surface area contributed by atoms with Crippen LogP contribution in [-0.4, -0.2) is 39.0 Å². The minimum atomic E-state index is -0.458. The van der Waals surface area contributed by atoms with Crippen molar-refractivity contribution in [2.45, 2.75) is 13.1 Å². The average molecular weight is 371 g/mol. The van der Waals surface area contributed by atoms with Crippen molar-refractivity contribution in [3.8, 4) is 5.69 Å². The molecule has 0 aliphatic heterocycles. The lowest BCUT2D eigenvalue weighted by Gasteiger charge is -2.09. The SMILES string of the molecule is COCCn1nc(C(=O)NCc2ccc(-n3ccnc3)c(F)c2)ccc1=O. The highest BCUT2D eigenvalue weighted by atomic mass is 19.1. The highest BCUT2D eigenvalue weighted by molar-refractivity contribution is 5.91. The Morgan fingerprint density at radius 3 is 2.85 bits per heavy atom. The largest absolute Gasteiger partial charge is 0.383 e. The Morgan fingerprint density at radius 1 is 1.30 bits per heavy atom. The van der Waals surface area contributed by atoms with Gasteiger partial charge in [-0.15, -0.1) is 0 Å². The number of halogens is 1. The van der Waals surface area contributed by atoms with Crippen LogP contribution < -0.4 is 10.9 Å². The third kappa shape index (κ3) is 4.45. The van der Waals surface area contributed by atoms with Gasteiger partial charge in [0.25, 0.3) is 11.5 Å². The number of rotatable bonds is 7. The summed E-state index contributed by atoms with van der Waals surface area (Å²) in [6, 6.07) is 7.30. The van der Waals surface area contributed by atoms with E-state index in [9.17, 15) is 14.0 Å². The zero-order chi connectivity index (χ0) is 19.2. The number of ether oxygens (including phenoxy) is 1. The molecule has 2 aromatic heterocycles. The third-order valence-electron chi connectivity index (χ3n) is 3.85. The van der Waals surface area contributed by atoms with Crippen LogP contribution in [0, 0.1) is 5.82 Å². The van der Waals surface area contributed by atoms with Gasteiger partial charge in [0.2, 0.25) is 0 Å². The van der Waals surface area contributed by atoms with Gasteiger partial charge in [0, 0.05) is 32.1 Å². The Hall–Kier alpha value is -3.33. The maximum Gasteiger partial charge on any atom is 0.271 e. The lowest BCUT2D eigenvalue weighted by Crippen LogP contribution is -2.30. The zero-order valence-corrected chi connectivity index (χ0v) is 14.6. The highest BCUT2D eigenvalue weighted by Gasteiger charge is 2.11. The number of nitrogens with one attached hydrogen (secondary N) is 1. The van der Waals surface area contributed by atoms with E-state index in [1.54, 1.807) is 29.1 Å². The second-order valence-electron chi connectivity index (χ2n) is 5.71. The molecule has 0 fully saturated rings. The fourth-order valence-electron chi connectivity index (χ4n) is 2.45. The van der Waals surface area contributed by atoms with E-state index in [4.69, 9.17) is 4.74 Å². The fraction of sp³-hybridized carbons (Fsp3) is 0.222. The van der Waals surface area contributed by atoms with Gasteiger partial charge in [-0.1, -0.05) is 6.07 Å². The van der Waals surface area contributed by atoms with Crippen molar-refractivity contribution in [1.82, 2.24) is 24.6 Å². The van der Waals surface area contributed by atoms with Gasteiger partial charge in [-0.2, -0.15) is 5.10 Å². The van der Waals surface area contributed by atoms with Crippen LogP contribution in [0.3, 0.4) is 0 Å². The molecule has 1 aromatic carbocycles. The van der Waals surface area contributed by atoms with Crippen molar-refractivity contribution >= 4 is 5.91 Å². The molecule has 9 heteroatoms. The molecule has 0 spiro atoms. The minimum Gasteiger partial charge on any atom is -0.383 e. The molecule has 0 saturated heterocycles. The van der Waals surface area contributed by atoms with Crippen molar-refractivity contribution in [2.24, 2.45) is 0 Å². The monoisotopic (exact) mass is 371 g/mol. The van der Waals surface area contributed by atoms with Gasteiger partial charge in [0.05, 0.1) is 25.2 Å². The van der Waals surface area contributed by atoms with E-state index >= 15 is 0 Å². The fourth-order valence-corrected chi connectivity index (χ4v) is 2.45. The first kappa shape index (κ1) is 18.5. The van der Waals surface area contributed by atoms with Crippen LogP contribution in [-0.2, 0) is 17.8 Å². The second-order valence-corrected chi connectivity index (χ2v) is 5.71. The van der Waals surface area contributed by atoms with Gasteiger partial charge in [-0.05, 0) is 23.8 Å². The van der Waals surface area contributed by atoms with Crippen LogP contribution >= 0.6 is 0 Å². The normalized spacial score (nSPS) is 10.7. The number of carbonyl (C=O) groups is 1. The Labute approximate surface area is 154 Å². The molecule has 0 atom stereocenters. The van der Waals surface area contributed by atoms with Crippen molar-refractivity contribution in [1.29, 1.82) is 0 Å². The van der Waals surface area contributed by atoms with E-state index in [0.717, 1.165) is 4.68 Å². The van der Waals surface area contributed by atoms with E-state index in [1.165, 1.54) is 31.6 Å². The van der Waals surface area contributed by atoms with Crippen molar-refractivity contribution < 1.29 is 13.9 Å². The van der Waals surface area contributed by atoms with Crippen LogP contribution in [0.5, 0.6) is 0 Å². The second kappa shape index (κ2) is 8.37. The van der Waals surface area contributed by atoms with Crippen LogP contribution in [0.4, 0.5) is 4.39 Å². The van der Waals surface area contributed by atoms with Crippen molar-refractivity contribution in [2.75, 3.05) is 13.7 Å². The molecule has 2 heterocycles. The smallest absolute Gasteiger partial charge is 0.271 e. The number of carbonyl (C=O) groups excluding carboxylic acids is 1. The summed E-state index contributed by atoms with van der Waals surface area (Å²) in [5.41, 5.74) is 0.744. The van der Waals surface area contributed by atoms with Gasteiger partial charge < -0.3 is 14.6 Å². The summed E-state index contributed by atoms with van der Waals surface area (Å²) in [5, 5.41) is 6.68. The zero-order valence-electron chi connectivity index (χ0n) is 14.6. The lowest BCUT2D eigenvalue weighted by atomic mass is 10.2. The predicted molar refractivity (Wildman–Crippen MR) is 95.1 cm³/mol. The minimum absolute atomic E-state index is 0.0983. The molecular weight excluding hydrogens is 353 g/mol. The molecule has 0 radical (unpaired) electrons. The first-order chi connectivity index (χ1) is 13.1.